The standard InChI is InChI=1S/C11H18BrNO2/c1-8-3-4-9(15-8)10(14)13-11(7-12)5-2-6-11/h8-9H,2-7H2,1H3,(H,13,14). The van der Waals surface area contributed by atoms with Crippen LogP contribution in [-0.4, -0.2) is 29.0 Å². The minimum atomic E-state index is -0.212. The summed E-state index contributed by atoms with van der Waals surface area (Å²) in [4.78, 5) is 11.9. The fourth-order valence-corrected chi connectivity index (χ4v) is 2.93. The topological polar surface area (TPSA) is 38.3 Å². The van der Waals surface area contributed by atoms with Crippen LogP contribution >= 0.6 is 15.9 Å². The number of carbonyl (C=O) groups excluding carboxylic acids is 1. The Labute approximate surface area is 99.1 Å². The molecule has 86 valence electrons. The molecular weight excluding hydrogens is 258 g/mol. The molecule has 2 rings (SSSR count). The number of halogens is 1. The van der Waals surface area contributed by atoms with Crippen LogP contribution < -0.4 is 5.32 Å². The second-order valence-electron chi connectivity index (χ2n) is 4.77. The van der Waals surface area contributed by atoms with Crippen molar-refractivity contribution in [1.29, 1.82) is 0 Å². The van der Waals surface area contributed by atoms with Gasteiger partial charge >= 0.3 is 0 Å². The maximum atomic E-state index is 11.9. The molecule has 1 saturated carbocycles. The van der Waals surface area contributed by atoms with E-state index in [0.29, 0.717) is 0 Å². The second-order valence-corrected chi connectivity index (χ2v) is 5.33. The minimum absolute atomic E-state index is 0.0201. The number of nitrogens with one attached hydrogen (secondary N) is 1. The van der Waals surface area contributed by atoms with E-state index in [1.165, 1.54) is 6.42 Å². The summed E-state index contributed by atoms with van der Waals surface area (Å²) in [5.41, 5.74) is 0.0201. The number of alkyl halides is 1. The van der Waals surface area contributed by atoms with Gasteiger partial charge in [-0.05, 0) is 39.0 Å². The van der Waals surface area contributed by atoms with Gasteiger partial charge in [-0.25, -0.2) is 0 Å². The summed E-state index contributed by atoms with van der Waals surface area (Å²) in [6, 6.07) is 0. The van der Waals surface area contributed by atoms with Gasteiger partial charge < -0.3 is 10.1 Å². The number of hydrogen-bond acceptors (Lipinski definition) is 2. The van der Waals surface area contributed by atoms with Gasteiger partial charge in [-0.3, -0.25) is 4.79 Å². The van der Waals surface area contributed by atoms with Crippen LogP contribution in [0.2, 0.25) is 0 Å². The molecule has 4 heteroatoms. The lowest BCUT2D eigenvalue weighted by Crippen LogP contribution is -2.57. The molecule has 2 fully saturated rings. The molecule has 1 saturated heterocycles. The summed E-state index contributed by atoms with van der Waals surface area (Å²) >= 11 is 3.48. The van der Waals surface area contributed by atoms with E-state index in [-0.39, 0.29) is 23.7 Å². The molecule has 2 aliphatic rings. The summed E-state index contributed by atoms with van der Waals surface area (Å²) in [6.07, 6.45) is 5.29. The molecule has 0 spiro atoms. The van der Waals surface area contributed by atoms with Crippen molar-refractivity contribution < 1.29 is 9.53 Å². The van der Waals surface area contributed by atoms with Crippen LogP contribution in [0.5, 0.6) is 0 Å². The lowest BCUT2D eigenvalue weighted by atomic mass is 9.78. The lowest BCUT2D eigenvalue weighted by molar-refractivity contribution is -0.134. The van der Waals surface area contributed by atoms with E-state index in [1.54, 1.807) is 0 Å². The normalized spacial score (nSPS) is 33.5. The minimum Gasteiger partial charge on any atom is -0.365 e. The predicted octanol–water partition coefficient (Wildman–Crippen LogP) is 1.99. The zero-order valence-corrected chi connectivity index (χ0v) is 10.7. The van der Waals surface area contributed by atoms with Gasteiger partial charge in [0.1, 0.15) is 6.10 Å². The third-order valence-electron chi connectivity index (χ3n) is 3.48. The molecule has 1 aliphatic carbocycles. The van der Waals surface area contributed by atoms with Crippen LogP contribution in [0.4, 0.5) is 0 Å². The van der Waals surface area contributed by atoms with Crippen molar-refractivity contribution in [2.24, 2.45) is 0 Å². The van der Waals surface area contributed by atoms with Gasteiger partial charge in [-0.15, -0.1) is 0 Å². The smallest absolute Gasteiger partial charge is 0.249 e. The zero-order valence-electron chi connectivity index (χ0n) is 9.09. The summed E-state index contributed by atoms with van der Waals surface area (Å²) in [6.45, 7) is 2.02. The molecule has 2 atom stereocenters. The van der Waals surface area contributed by atoms with Gasteiger partial charge in [0.15, 0.2) is 0 Å². The SMILES string of the molecule is CC1CCC(C(=O)NC2(CBr)CCC2)O1. The van der Waals surface area contributed by atoms with Crippen LogP contribution in [0.1, 0.15) is 39.0 Å². The highest BCUT2D eigenvalue weighted by atomic mass is 79.9. The van der Waals surface area contributed by atoms with Gasteiger partial charge in [0, 0.05) is 10.9 Å². The van der Waals surface area contributed by atoms with Gasteiger partial charge in [0.25, 0.3) is 0 Å². The average molecular weight is 276 g/mol. The summed E-state index contributed by atoms with van der Waals surface area (Å²) < 4.78 is 5.55. The van der Waals surface area contributed by atoms with E-state index in [2.05, 4.69) is 21.2 Å². The fourth-order valence-electron chi connectivity index (χ4n) is 2.23. The van der Waals surface area contributed by atoms with Crippen molar-refractivity contribution in [1.82, 2.24) is 5.32 Å². The quantitative estimate of drug-likeness (QED) is 0.800. The molecule has 0 radical (unpaired) electrons. The molecule has 0 aromatic carbocycles. The number of rotatable bonds is 3. The highest BCUT2D eigenvalue weighted by Gasteiger charge is 2.40. The van der Waals surface area contributed by atoms with Crippen molar-refractivity contribution >= 4 is 21.8 Å². The molecule has 0 bridgehead atoms. The number of hydrogen-bond donors (Lipinski definition) is 1. The van der Waals surface area contributed by atoms with Crippen LogP contribution in [-0.2, 0) is 9.53 Å². The predicted molar refractivity (Wildman–Crippen MR) is 62.1 cm³/mol. The first kappa shape index (κ1) is 11.4. The number of carbonyl (C=O) groups is 1. The Bertz CT molecular complexity index is 247. The Morgan fingerprint density at radius 1 is 1.53 bits per heavy atom. The van der Waals surface area contributed by atoms with Crippen LogP contribution in [0.25, 0.3) is 0 Å². The Morgan fingerprint density at radius 3 is 2.67 bits per heavy atom. The van der Waals surface area contributed by atoms with E-state index in [0.717, 1.165) is 31.0 Å². The molecule has 2 unspecified atom stereocenters. The van der Waals surface area contributed by atoms with Crippen LogP contribution in [0, 0.1) is 0 Å². The van der Waals surface area contributed by atoms with Crippen molar-refractivity contribution in [2.75, 3.05) is 5.33 Å². The van der Waals surface area contributed by atoms with E-state index in [9.17, 15) is 4.79 Å². The lowest BCUT2D eigenvalue weighted by Gasteiger charge is -2.41. The van der Waals surface area contributed by atoms with Gasteiger partial charge in [-0.1, -0.05) is 15.9 Å². The van der Waals surface area contributed by atoms with Crippen molar-refractivity contribution in [3.05, 3.63) is 0 Å². The summed E-state index contributed by atoms with van der Waals surface area (Å²) in [7, 11) is 0. The molecular formula is C11H18BrNO2. The molecule has 0 aromatic heterocycles. The fraction of sp³-hybridized carbons (Fsp3) is 0.909. The first-order valence-corrected chi connectivity index (χ1v) is 6.81. The van der Waals surface area contributed by atoms with Crippen molar-refractivity contribution in [2.45, 2.75) is 56.8 Å². The van der Waals surface area contributed by atoms with E-state index < -0.39 is 0 Å². The van der Waals surface area contributed by atoms with E-state index >= 15 is 0 Å². The van der Waals surface area contributed by atoms with Gasteiger partial charge in [0.2, 0.25) is 5.91 Å². The Kier molecular flexibility index (Phi) is 3.36. The molecule has 15 heavy (non-hydrogen) atoms. The number of amides is 1. The molecule has 3 nitrogen and oxygen atoms in total. The van der Waals surface area contributed by atoms with Gasteiger partial charge in [0.05, 0.1) is 6.10 Å². The second kappa shape index (κ2) is 4.42. The van der Waals surface area contributed by atoms with Crippen molar-refractivity contribution in [3.63, 3.8) is 0 Å². The average Bonchev–Trinajstić information content (AvgIpc) is 2.58. The summed E-state index contributed by atoms with van der Waals surface area (Å²) in [5.74, 6) is 0.0819. The van der Waals surface area contributed by atoms with Crippen LogP contribution in [0.3, 0.4) is 0 Å². The molecule has 1 aliphatic heterocycles. The third kappa shape index (κ3) is 2.36. The Morgan fingerprint density at radius 2 is 2.27 bits per heavy atom. The van der Waals surface area contributed by atoms with Crippen LogP contribution in [0.15, 0.2) is 0 Å². The summed E-state index contributed by atoms with van der Waals surface area (Å²) in [5, 5.41) is 3.99. The first-order valence-electron chi connectivity index (χ1n) is 5.69. The van der Waals surface area contributed by atoms with Gasteiger partial charge in [-0.2, -0.15) is 0 Å². The highest BCUT2D eigenvalue weighted by molar-refractivity contribution is 9.09. The highest BCUT2D eigenvalue weighted by Crippen LogP contribution is 2.34. The number of ether oxygens (including phenoxy) is 1. The maximum absolute atomic E-state index is 11.9. The van der Waals surface area contributed by atoms with E-state index in [4.69, 9.17) is 4.74 Å². The molecule has 1 amide bonds. The molecule has 1 heterocycles. The largest absolute Gasteiger partial charge is 0.365 e. The Hall–Kier alpha value is -0.0900. The molecule has 1 N–H and O–H groups in total. The van der Waals surface area contributed by atoms with Crippen molar-refractivity contribution in [3.8, 4) is 0 Å². The zero-order chi connectivity index (χ0) is 10.9. The third-order valence-corrected chi connectivity index (χ3v) is 4.55. The Balaban J connectivity index is 1.86. The monoisotopic (exact) mass is 275 g/mol. The van der Waals surface area contributed by atoms with E-state index in [1.807, 2.05) is 6.92 Å². The first-order chi connectivity index (χ1) is 7.15. The molecule has 0 aromatic rings. The maximum Gasteiger partial charge on any atom is 0.249 e.